The molecule has 0 spiro atoms. The Balaban J connectivity index is 1.71. The number of nitrogens with two attached hydrogens (primary N) is 1. The van der Waals surface area contributed by atoms with Crippen LogP contribution in [0.3, 0.4) is 0 Å². The van der Waals surface area contributed by atoms with Gasteiger partial charge < -0.3 is 5.73 Å². The molecule has 0 unspecified atom stereocenters. The first kappa shape index (κ1) is 18.9. The summed E-state index contributed by atoms with van der Waals surface area (Å²) in [5.41, 5.74) is 16.6. The van der Waals surface area contributed by atoms with E-state index in [2.05, 4.69) is 97.1 Å². The van der Waals surface area contributed by atoms with Crippen molar-refractivity contribution in [2.75, 3.05) is 5.73 Å². The molecule has 1 heteroatoms. The van der Waals surface area contributed by atoms with Crippen molar-refractivity contribution in [3.05, 3.63) is 127 Å². The van der Waals surface area contributed by atoms with Gasteiger partial charge in [-0.1, -0.05) is 109 Å². The van der Waals surface area contributed by atoms with E-state index in [0.717, 1.165) is 27.9 Å². The van der Waals surface area contributed by atoms with Gasteiger partial charge in [0, 0.05) is 16.8 Å². The number of para-hydroxylation sites is 1. The van der Waals surface area contributed by atoms with Crippen LogP contribution in [0.5, 0.6) is 0 Å². The van der Waals surface area contributed by atoms with Crippen molar-refractivity contribution in [2.24, 2.45) is 0 Å². The van der Waals surface area contributed by atoms with E-state index < -0.39 is 0 Å². The van der Waals surface area contributed by atoms with Crippen molar-refractivity contribution < 1.29 is 0 Å². The van der Waals surface area contributed by atoms with E-state index in [9.17, 15) is 0 Å². The molecule has 0 bridgehead atoms. The van der Waals surface area contributed by atoms with Crippen molar-refractivity contribution in [1.29, 1.82) is 0 Å². The Hall–Kier alpha value is -4.10. The molecule has 0 aliphatic carbocycles. The maximum Gasteiger partial charge on any atom is 0.0473 e. The third-order valence-corrected chi connectivity index (χ3v) is 5.65. The first-order chi connectivity index (χ1) is 15.3. The molecular formula is C30H23N. The third-order valence-electron chi connectivity index (χ3n) is 5.65. The van der Waals surface area contributed by atoms with Crippen molar-refractivity contribution in [2.45, 2.75) is 0 Å². The van der Waals surface area contributed by atoms with Crippen molar-refractivity contribution >= 4 is 5.69 Å². The topological polar surface area (TPSA) is 26.0 Å². The summed E-state index contributed by atoms with van der Waals surface area (Å²) in [4.78, 5) is 0. The van der Waals surface area contributed by atoms with Crippen LogP contribution >= 0.6 is 0 Å². The first-order valence-corrected chi connectivity index (χ1v) is 10.5. The predicted molar refractivity (Wildman–Crippen MR) is 133 cm³/mol. The van der Waals surface area contributed by atoms with Crippen LogP contribution in [0.4, 0.5) is 5.69 Å². The lowest BCUT2D eigenvalue weighted by Crippen LogP contribution is -1.95. The highest BCUT2D eigenvalue weighted by Gasteiger charge is 2.12. The van der Waals surface area contributed by atoms with Gasteiger partial charge in [0.25, 0.3) is 0 Å². The van der Waals surface area contributed by atoms with Crippen LogP contribution in [0.25, 0.3) is 44.5 Å². The molecule has 31 heavy (non-hydrogen) atoms. The molecule has 5 rings (SSSR count). The molecule has 0 saturated carbocycles. The summed E-state index contributed by atoms with van der Waals surface area (Å²) >= 11 is 0. The standard InChI is InChI=1S/C30H23N/c31-30-28(24-15-8-3-9-16-24)17-10-18-29(30)27-20-25(22-11-4-1-5-12-22)19-26(21-27)23-13-6-2-7-14-23/h1-21H,31H2. The molecule has 0 aliphatic rings. The molecule has 0 heterocycles. The molecule has 0 aromatic heterocycles. The quantitative estimate of drug-likeness (QED) is 0.306. The van der Waals surface area contributed by atoms with Gasteiger partial charge in [-0.3, -0.25) is 0 Å². The lowest BCUT2D eigenvalue weighted by molar-refractivity contribution is 1.55. The second-order valence-electron chi connectivity index (χ2n) is 7.66. The smallest absolute Gasteiger partial charge is 0.0473 e. The second kappa shape index (κ2) is 8.33. The van der Waals surface area contributed by atoms with Crippen LogP contribution in [0.15, 0.2) is 127 Å². The summed E-state index contributed by atoms with van der Waals surface area (Å²) in [6, 6.07) is 44.4. The summed E-state index contributed by atoms with van der Waals surface area (Å²) in [7, 11) is 0. The molecule has 2 N–H and O–H groups in total. The number of benzene rings is 5. The molecule has 0 saturated heterocycles. The van der Waals surface area contributed by atoms with Crippen LogP contribution in [0.2, 0.25) is 0 Å². The Morgan fingerprint density at radius 3 is 1.19 bits per heavy atom. The Labute approximate surface area is 183 Å². The summed E-state index contributed by atoms with van der Waals surface area (Å²) < 4.78 is 0. The average Bonchev–Trinajstić information content (AvgIpc) is 2.85. The van der Waals surface area contributed by atoms with Gasteiger partial charge in [0.2, 0.25) is 0 Å². The van der Waals surface area contributed by atoms with E-state index >= 15 is 0 Å². The number of rotatable bonds is 4. The van der Waals surface area contributed by atoms with Crippen molar-refractivity contribution in [3.8, 4) is 44.5 Å². The zero-order chi connectivity index (χ0) is 21.0. The molecule has 148 valence electrons. The van der Waals surface area contributed by atoms with E-state index in [-0.39, 0.29) is 0 Å². The number of anilines is 1. The highest BCUT2D eigenvalue weighted by Crippen LogP contribution is 2.38. The monoisotopic (exact) mass is 397 g/mol. The fourth-order valence-corrected chi connectivity index (χ4v) is 4.06. The van der Waals surface area contributed by atoms with E-state index in [0.29, 0.717) is 0 Å². The second-order valence-corrected chi connectivity index (χ2v) is 7.66. The van der Waals surface area contributed by atoms with Gasteiger partial charge in [0.15, 0.2) is 0 Å². The van der Waals surface area contributed by atoms with E-state index in [4.69, 9.17) is 5.73 Å². The zero-order valence-electron chi connectivity index (χ0n) is 17.2. The normalized spacial score (nSPS) is 10.7. The SMILES string of the molecule is Nc1c(-c2ccccc2)cccc1-c1cc(-c2ccccc2)cc(-c2ccccc2)c1. The van der Waals surface area contributed by atoms with Crippen LogP contribution in [0, 0.1) is 0 Å². The van der Waals surface area contributed by atoms with Crippen molar-refractivity contribution in [1.82, 2.24) is 0 Å². The Bertz CT molecular complexity index is 1250. The number of nitrogen functional groups attached to an aromatic ring is 1. The highest BCUT2D eigenvalue weighted by molar-refractivity contribution is 5.91. The number of hydrogen-bond donors (Lipinski definition) is 1. The van der Waals surface area contributed by atoms with Gasteiger partial charge in [0.1, 0.15) is 0 Å². The molecule has 5 aromatic carbocycles. The van der Waals surface area contributed by atoms with E-state index in [1.165, 1.54) is 22.3 Å². The van der Waals surface area contributed by atoms with Gasteiger partial charge in [-0.2, -0.15) is 0 Å². The Morgan fingerprint density at radius 2 is 0.710 bits per heavy atom. The lowest BCUT2D eigenvalue weighted by atomic mass is 9.91. The molecular weight excluding hydrogens is 374 g/mol. The average molecular weight is 398 g/mol. The van der Waals surface area contributed by atoms with Gasteiger partial charge in [-0.25, -0.2) is 0 Å². The van der Waals surface area contributed by atoms with E-state index in [1.54, 1.807) is 0 Å². The van der Waals surface area contributed by atoms with Gasteiger partial charge in [-0.05, 0) is 51.6 Å². The fraction of sp³-hybridized carbons (Fsp3) is 0. The maximum atomic E-state index is 6.72. The Kier molecular flexibility index (Phi) is 5.08. The molecule has 0 radical (unpaired) electrons. The van der Waals surface area contributed by atoms with Crippen LogP contribution in [-0.2, 0) is 0 Å². The predicted octanol–water partition coefficient (Wildman–Crippen LogP) is 7.94. The molecule has 0 amide bonds. The summed E-state index contributed by atoms with van der Waals surface area (Å²) in [5.74, 6) is 0. The first-order valence-electron chi connectivity index (χ1n) is 10.5. The van der Waals surface area contributed by atoms with Gasteiger partial charge in [-0.15, -0.1) is 0 Å². The third kappa shape index (κ3) is 3.86. The minimum absolute atomic E-state index is 0.804. The van der Waals surface area contributed by atoms with E-state index in [1.807, 2.05) is 30.3 Å². The van der Waals surface area contributed by atoms with Crippen LogP contribution in [0.1, 0.15) is 0 Å². The van der Waals surface area contributed by atoms with Gasteiger partial charge in [0.05, 0.1) is 0 Å². The summed E-state index contributed by atoms with van der Waals surface area (Å²) in [6.45, 7) is 0. The van der Waals surface area contributed by atoms with Crippen LogP contribution in [-0.4, -0.2) is 0 Å². The fourth-order valence-electron chi connectivity index (χ4n) is 4.06. The van der Waals surface area contributed by atoms with Crippen molar-refractivity contribution in [3.63, 3.8) is 0 Å². The summed E-state index contributed by atoms with van der Waals surface area (Å²) in [6.07, 6.45) is 0. The maximum absolute atomic E-state index is 6.72. The highest BCUT2D eigenvalue weighted by atomic mass is 14.6. The van der Waals surface area contributed by atoms with Crippen LogP contribution < -0.4 is 5.73 Å². The minimum Gasteiger partial charge on any atom is -0.398 e. The zero-order valence-corrected chi connectivity index (χ0v) is 17.2. The summed E-state index contributed by atoms with van der Waals surface area (Å²) in [5, 5.41) is 0. The molecule has 1 nitrogen and oxygen atoms in total. The number of hydrogen-bond acceptors (Lipinski definition) is 1. The molecule has 5 aromatic rings. The molecule has 0 fully saturated rings. The van der Waals surface area contributed by atoms with Gasteiger partial charge >= 0.3 is 0 Å². The largest absolute Gasteiger partial charge is 0.398 e. The molecule has 0 atom stereocenters. The minimum atomic E-state index is 0.804. The molecule has 0 aliphatic heterocycles. The Morgan fingerprint density at radius 1 is 0.323 bits per heavy atom. The lowest BCUT2D eigenvalue weighted by Gasteiger charge is -2.15.